The minimum Gasteiger partial charge on any atom is -0.444 e. The summed E-state index contributed by atoms with van der Waals surface area (Å²) in [5.74, 6) is 0. The van der Waals surface area contributed by atoms with E-state index in [1.165, 1.54) is 0 Å². The first kappa shape index (κ1) is 13.9. The normalized spacial score (nSPS) is 13.7. The third kappa shape index (κ3) is 3.00. The van der Waals surface area contributed by atoms with Crippen LogP contribution in [0.15, 0.2) is 42.6 Å². The summed E-state index contributed by atoms with van der Waals surface area (Å²) in [6, 6.07) is 11.5. The number of hydrogen-bond acceptors (Lipinski definition) is 3. The Hall–Kier alpha value is -2.07. The van der Waals surface area contributed by atoms with Gasteiger partial charge in [0.2, 0.25) is 0 Å². The number of rotatable bonds is 2. The predicted molar refractivity (Wildman–Crippen MR) is 81.5 cm³/mol. The van der Waals surface area contributed by atoms with Gasteiger partial charge in [-0.3, -0.25) is 4.90 Å². The molecule has 108 valence electrons. The van der Waals surface area contributed by atoms with Crippen LogP contribution >= 0.6 is 11.6 Å². The number of nitrogens with zero attached hydrogens (tertiary/aromatic N) is 2. The molecule has 2 aromatic rings. The van der Waals surface area contributed by atoms with E-state index in [1.54, 1.807) is 11.1 Å². The summed E-state index contributed by atoms with van der Waals surface area (Å²) in [5, 5.41) is 0.351. The van der Waals surface area contributed by atoms with Gasteiger partial charge in [0.05, 0.1) is 5.69 Å². The molecule has 1 aromatic heterocycles. The molecule has 1 aliphatic rings. The van der Waals surface area contributed by atoms with Crippen LogP contribution < -0.4 is 4.90 Å². The summed E-state index contributed by atoms with van der Waals surface area (Å²) in [6.45, 7) is 0.857. The van der Waals surface area contributed by atoms with Crippen LogP contribution in [0.2, 0.25) is 5.15 Å². The van der Waals surface area contributed by atoms with Gasteiger partial charge in [-0.25, -0.2) is 9.78 Å². The fourth-order valence-corrected chi connectivity index (χ4v) is 2.75. The van der Waals surface area contributed by atoms with Crippen LogP contribution in [0.1, 0.15) is 17.5 Å². The number of benzene rings is 1. The second-order valence-electron chi connectivity index (χ2n) is 4.90. The highest BCUT2D eigenvalue weighted by Crippen LogP contribution is 2.33. The van der Waals surface area contributed by atoms with Crippen LogP contribution in [-0.4, -0.2) is 17.6 Å². The number of fused-ring (bicyclic) bond motifs is 1. The minimum absolute atomic E-state index is 0.253. The van der Waals surface area contributed by atoms with Crippen molar-refractivity contribution in [3.8, 4) is 0 Å². The SMILES string of the molecule is O=C(OCc1ccccc1)N1CCCc2ccnc(Cl)c21. The van der Waals surface area contributed by atoms with E-state index in [-0.39, 0.29) is 12.7 Å². The van der Waals surface area contributed by atoms with Crippen LogP contribution in [0.5, 0.6) is 0 Å². The maximum atomic E-state index is 12.3. The molecule has 2 heterocycles. The first-order chi connectivity index (χ1) is 10.3. The molecule has 0 saturated carbocycles. The summed E-state index contributed by atoms with van der Waals surface area (Å²) in [4.78, 5) is 17.9. The smallest absolute Gasteiger partial charge is 0.414 e. The molecule has 4 nitrogen and oxygen atoms in total. The number of halogens is 1. The van der Waals surface area contributed by atoms with Gasteiger partial charge in [-0.1, -0.05) is 41.9 Å². The molecule has 0 bridgehead atoms. The molecule has 1 amide bonds. The number of amides is 1. The van der Waals surface area contributed by atoms with Gasteiger partial charge in [-0.15, -0.1) is 0 Å². The van der Waals surface area contributed by atoms with Crippen LogP contribution in [-0.2, 0) is 17.8 Å². The Bertz CT molecular complexity index is 646. The lowest BCUT2D eigenvalue weighted by atomic mass is 10.0. The Morgan fingerprint density at radius 2 is 2.10 bits per heavy atom. The summed E-state index contributed by atoms with van der Waals surface area (Å²) in [7, 11) is 0. The van der Waals surface area contributed by atoms with Crippen molar-refractivity contribution < 1.29 is 9.53 Å². The van der Waals surface area contributed by atoms with Crippen molar-refractivity contribution in [2.45, 2.75) is 19.4 Å². The zero-order chi connectivity index (χ0) is 14.7. The van der Waals surface area contributed by atoms with Gasteiger partial charge in [0.15, 0.2) is 5.15 Å². The van der Waals surface area contributed by atoms with Gasteiger partial charge in [-0.05, 0) is 30.0 Å². The van der Waals surface area contributed by atoms with Crippen LogP contribution in [0.25, 0.3) is 0 Å². The minimum atomic E-state index is -0.380. The van der Waals surface area contributed by atoms with Crippen LogP contribution in [0.4, 0.5) is 10.5 Å². The quantitative estimate of drug-likeness (QED) is 0.792. The van der Waals surface area contributed by atoms with E-state index in [9.17, 15) is 4.79 Å². The number of aromatic nitrogens is 1. The van der Waals surface area contributed by atoms with Crippen molar-refractivity contribution >= 4 is 23.4 Å². The van der Waals surface area contributed by atoms with E-state index in [0.29, 0.717) is 17.4 Å². The highest BCUT2D eigenvalue weighted by molar-refractivity contribution is 6.32. The zero-order valence-corrected chi connectivity index (χ0v) is 12.2. The van der Waals surface area contributed by atoms with Gasteiger partial charge in [-0.2, -0.15) is 0 Å². The molecule has 21 heavy (non-hydrogen) atoms. The van der Waals surface area contributed by atoms with E-state index in [0.717, 1.165) is 24.0 Å². The molecule has 0 spiro atoms. The second kappa shape index (κ2) is 6.14. The standard InChI is InChI=1S/C16H15ClN2O2/c17-15-14-13(8-9-18-15)7-4-10-19(14)16(20)21-11-12-5-2-1-3-6-12/h1-3,5-6,8-9H,4,7,10-11H2. The van der Waals surface area contributed by atoms with E-state index in [4.69, 9.17) is 16.3 Å². The Kier molecular flexibility index (Phi) is 4.06. The first-order valence-electron chi connectivity index (χ1n) is 6.87. The van der Waals surface area contributed by atoms with Gasteiger partial charge in [0.25, 0.3) is 0 Å². The number of carbonyl (C=O) groups excluding carboxylic acids is 1. The molecule has 0 N–H and O–H groups in total. The van der Waals surface area contributed by atoms with E-state index < -0.39 is 0 Å². The second-order valence-corrected chi connectivity index (χ2v) is 5.26. The van der Waals surface area contributed by atoms with Crippen molar-refractivity contribution in [1.29, 1.82) is 0 Å². The Morgan fingerprint density at radius 1 is 1.29 bits per heavy atom. The lowest BCUT2D eigenvalue weighted by Gasteiger charge is -2.28. The highest BCUT2D eigenvalue weighted by Gasteiger charge is 2.26. The van der Waals surface area contributed by atoms with Gasteiger partial charge in [0, 0.05) is 12.7 Å². The molecule has 5 heteroatoms. The zero-order valence-electron chi connectivity index (χ0n) is 11.5. The van der Waals surface area contributed by atoms with Crippen molar-refractivity contribution in [1.82, 2.24) is 4.98 Å². The average molecular weight is 303 g/mol. The number of ether oxygens (including phenoxy) is 1. The molecule has 0 radical (unpaired) electrons. The fourth-order valence-electron chi connectivity index (χ4n) is 2.47. The van der Waals surface area contributed by atoms with Crippen molar-refractivity contribution in [2.75, 3.05) is 11.4 Å². The lowest BCUT2D eigenvalue weighted by molar-refractivity contribution is 0.146. The third-order valence-corrected chi connectivity index (χ3v) is 3.76. The maximum absolute atomic E-state index is 12.3. The molecule has 1 aliphatic heterocycles. The Labute approximate surface area is 128 Å². The van der Waals surface area contributed by atoms with Crippen molar-refractivity contribution in [3.05, 3.63) is 58.9 Å². The third-order valence-electron chi connectivity index (χ3n) is 3.49. The lowest BCUT2D eigenvalue weighted by Crippen LogP contribution is -2.36. The van der Waals surface area contributed by atoms with E-state index >= 15 is 0 Å². The average Bonchev–Trinajstić information content (AvgIpc) is 2.53. The molecule has 0 unspecified atom stereocenters. The maximum Gasteiger partial charge on any atom is 0.414 e. The predicted octanol–water partition coefficient (Wildman–Crippen LogP) is 3.82. The number of hydrogen-bond donors (Lipinski definition) is 0. The highest BCUT2D eigenvalue weighted by atomic mass is 35.5. The fraction of sp³-hybridized carbons (Fsp3) is 0.250. The molecule has 0 fully saturated rings. The molecule has 0 saturated heterocycles. The van der Waals surface area contributed by atoms with Gasteiger partial charge >= 0.3 is 6.09 Å². The molecule has 0 aliphatic carbocycles. The molecule has 0 atom stereocenters. The van der Waals surface area contributed by atoms with Crippen LogP contribution in [0, 0.1) is 0 Å². The molecular weight excluding hydrogens is 288 g/mol. The molecule has 3 rings (SSSR count). The van der Waals surface area contributed by atoms with Crippen molar-refractivity contribution in [3.63, 3.8) is 0 Å². The van der Waals surface area contributed by atoms with Gasteiger partial charge in [0.1, 0.15) is 6.61 Å². The number of carbonyl (C=O) groups is 1. The first-order valence-corrected chi connectivity index (χ1v) is 7.25. The van der Waals surface area contributed by atoms with Crippen LogP contribution in [0.3, 0.4) is 0 Å². The number of pyridine rings is 1. The number of anilines is 1. The summed E-state index contributed by atoms with van der Waals surface area (Å²) in [5.41, 5.74) is 2.68. The summed E-state index contributed by atoms with van der Waals surface area (Å²) in [6.07, 6.45) is 3.09. The molecular formula is C16H15ClN2O2. The summed E-state index contributed by atoms with van der Waals surface area (Å²) >= 11 is 6.14. The van der Waals surface area contributed by atoms with E-state index in [1.807, 2.05) is 36.4 Å². The van der Waals surface area contributed by atoms with Gasteiger partial charge < -0.3 is 4.74 Å². The molecule has 1 aromatic carbocycles. The largest absolute Gasteiger partial charge is 0.444 e. The van der Waals surface area contributed by atoms with Crippen molar-refractivity contribution in [2.24, 2.45) is 0 Å². The Balaban J connectivity index is 1.75. The topological polar surface area (TPSA) is 42.4 Å². The summed E-state index contributed by atoms with van der Waals surface area (Å²) < 4.78 is 5.38. The Morgan fingerprint density at radius 3 is 2.90 bits per heavy atom. The monoisotopic (exact) mass is 302 g/mol. The van der Waals surface area contributed by atoms with E-state index in [2.05, 4.69) is 4.98 Å². The number of aryl methyl sites for hydroxylation is 1.